The predicted octanol–water partition coefficient (Wildman–Crippen LogP) is 4.36. The molecule has 1 rings (SSSR count). The van der Waals surface area contributed by atoms with E-state index < -0.39 is 20.2 Å². The summed E-state index contributed by atoms with van der Waals surface area (Å²) in [5.41, 5.74) is 0.315. The standard InChI is InChI=1S/C18H28O6Si/c1-5-6-7-8-9-14-21-18(20)23-24-22-17(19)15-10-12-16(13-11-15)25(2,3)4/h10-13H,5-9,14H2,1-4H3. The van der Waals surface area contributed by atoms with E-state index in [1.54, 1.807) is 12.1 Å². The normalized spacial score (nSPS) is 11.0. The Morgan fingerprint density at radius 3 is 2.16 bits per heavy atom. The number of hydrogen-bond acceptors (Lipinski definition) is 6. The number of ether oxygens (including phenoxy) is 1. The second-order valence-corrected chi connectivity index (χ2v) is 11.9. The molecule has 0 heterocycles. The van der Waals surface area contributed by atoms with Crippen LogP contribution in [0.3, 0.4) is 0 Å². The number of carbonyl (C=O) groups excluding carboxylic acids is 2. The van der Waals surface area contributed by atoms with Crippen molar-refractivity contribution in [3.05, 3.63) is 29.8 Å². The third-order valence-corrected chi connectivity index (χ3v) is 5.73. The van der Waals surface area contributed by atoms with Crippen molar-refractivity contribution in [3.63, 3.8) is 0 Å². The van der Waals surface area contributed by atoms with Gasteiger partial charge in [0.25, 0.3) is 0 Å². The average Bonchev–Trinajstić information content (AvgIpc) is 2.57. The van der Waals surface area contributed by atoms with Gasteiger partial charge in [-0.2, -0.15) is 0 Å². The van der Waals surface area contributed by atoms with E-state index in [0.717, 1.165) is 25.7 Å². The van der Waals surface area contributed by atoms with E-state index in [9.17, 15) is 9.59 Å². The molecule has 1 aromatic carbocycles. The van der Waals surface area contributed by atoms with Crippen molar-refractivity contribution >= 4 is 25.4 Å². The van der Waals surface area contributed by atoms with Gasteiger partial charge in [-0.05, 0) is 18.6 Å². The van der Waals surface area contributed by atoms with E-state index in [2.05, 4.69) is 41.4 Å². The van der Waals surface area contributed by atoms with Gasteiger partial charge in [0.05, 0.1) is 25.3 Å². The van der Waals surface area contributed by atoms with Crippen LogP contribution in [0, 0.1) is 0 Å². The molecule has 140 valence electrons. The molecule has 0 aliphatic heterocycles. The van der Waals surface area contributed by atoms with Crippen LogP contribution in [0.15, 0.2) is 24.3 Å². The van der Waals surface area contributed by atoms with Gasteiger partial charge >= 0.3 is 12.1 Å². The molecule has 1 aromatic rings. The summed E-state index contributed by atoms with van der Waals surface area (Å²) in [4.78, 5) is 31.7. The van der Waals surface area contributed by atoms with E-state index >= 15 is 0 Å². The second kappa shape index (κ2) is 10.9. The molecule has 0 saturated carbocycles. The monoisotopic (exact) mass is 368 g/mol. The molecule has 6 nitrogen and oxygen atoms in total. The lowest BCUT2D eigenvalue weighted by molar-refractivity contribution is -0.452. The Labute approximate surface area is 150 Å². The lowest BCUT2D eigenvalue weighted by atomic mass is 10.2. The summed E-state index contributed by atoms with van der Waals surface area (Å²) in [6.45, 7) is 9.03. The minimum absolute atomic E-state index is 0.248. The van der Waals surface area contributed by atoms with Crippen LogP contribution in [0.4, 0.5) is 4.79 Å². The minimum atomic E-state index is -1.42. The minimum Gasteiger partial charge on any atom is -0.432 e. The largest absolute Gasteiger partial charge is 0.543 e. The SMILES string of the molecule is CCCCCCCOC(=O)OOOC(=O)c1ccc([Si](C)(C)C)cc1. The Bertz CT molecular complexity index is 535. The van der Waals surface area contributed by atoms with Gasteiger partial charge in [0, 0.05) is 0 Å². The maximum Gasteiger partial charge on any atom is 0.543 e. The van der Waals surface area contributed by atoms with Crippen LogP contribution in [0.1, 0.15) is 49.4 Å². The van der Waals surface area contributed by atoms with E-state index in [1.807, 2.05) is 12.1 Å². The molecule has 7 heteroatoms. The molecule has 0 fully saturated rings. The highest BCUT2D eigenvalue weighted by Gasteiger charge is 2.17. The third kappa shape index (κ3) is 8.69. The molecule has 25 heavy (non-hydrogen) atoms. The topological polar surface area (TPSA) is 71.1 Å². The summed E-state index contributed by atoms with van der Waals surface area (Å²) >= 11 is 0. The van der Waals surface area contributed by atoms with Crippen LogP contribution in [0.25, 0.3) is 0 Å². The third-order valence-electron chi connectivity index (χ3n) is 3.67. The van der Waals surface area contributed by atoms with E-state index in [0.29, 0.717) is 5.56 Å². The zero-order valence-corrected chi connectivity index (χ0v) is 16.5. The molecular weight excluding hydrogens is 340 g/mol. The summed E-state index contributed by atoms with van der Waals surface area (Å²) in [5.74, 6) is -0.741. The highest BCUT2D eigenvalue weighted by molar-refractivity contribution is 6.88. The van der Waals surface area contributed by atoms with Crippen molar-refractivity contribution in [1.82, 2.24) is 0 Å². The number of benzene rings is 1. The quantitative estimate of drug-likeness (QED) is 0.201. The maximum absolute atomic E-state index is 11.8. The highest BCUT2D eigenvalue weighted by Crippen LogP contribution is 2.07. The molecule has 0 atom stereocenters. The Balaban J connectivity index is 2.22. The molecule has 0 aliphatic carbocycles. The number of rotatable bonds is 10. The number of unbranched alkanes of at least 4 members (excludes halogenated alkanes) is 4. The van der Waals surface area contributed by atoms with Gasteiger partial charge in [-0.3, -0.25) is 4.89 Å². The number of carbonyl (C=O) groups is 2. The second-order valence-electron chi connectivity index (χ2n) is 6.86. The van der Waals surface area contributed by atoms with Crippen LogP contribution in [0.2, 0.25) is 19.6 Å². The van der Waals surface area contributed by atoms with Crippen molar-refractivity contribution in [2.45, 2.75) is 58.7 Å². The van der Waals surface area contributed by atoms with Crippen LogP contribution in [-0.2, 0) is 19.6 Å². The lowest BCUT2D eigenvalue weighted by Gasteiger charge is -2.16. The summed E-state index contributed by atoms with van der Waals surface area (Å²) in [5, 5.41) is 5.42. The van der Waals surface area contributed by atoms with Gasteiger partial charge in [0.2, 0.25) is 0 Å². The molecular formula is C18H28O6Si. The summed E-state index contributed by atoms with van der Waals surface area (Å²) < 4.78 is 4.79. The summed E-state index contributed by atoms with van der Waals surface area (Å²) in [6, 6.07) is 7.12. The first kappa shape index (κ1) is 21.2. The zero-order chi connectivity index (χ0) is 18.7. The summed E-state index contributed by atoms with van der Waals surface area (Å²) in [6.07, 6.45) is 4.16. The van der Waals surface area contributed by atoms with Crippen molar-refractivity contribution < 1.29 is 29.1 Å². The lowest BCUT2D eigenvalue weighted by Crippen LogP contribution is -2.37. The summed E-state index contributed by atoms with van der Waals surface area (Å²) in [7, 11) is -1.42. The fourth-order valence-electron chi connectivity index (χ4n) is 2.12. The molecule has 0 aliphatic rings. The van der Waals surface area contributed by atoms with Gasteiger partial charge < -0.3 is 4.74 Å². The Morgan fingerprint density at radius 1 is 0.920 bits per heavy atom. The smallest absolute Gasteiger partial charge is 0.432 e. The van der Waals surface area contributed by atoms with Crippen LogP contribution in [-0.4, -0.2) is 26.8 Å². The van der Waals surface area contributed by atoms with Crippen molar-refractivity contribution in [2.75, 3.05) is 6.61 Å². The molecule has 0 radical (unpaired) electrons. The molecule has 0 unspecified atom stereocenters. The van der Waals surface area contributed by atoms with Gasteiger partial charge in [-0.15, -0.1) is 0 Å². The van der Waals surface area contributed by atoms with E-state index in [1.165, 1.54) is 11.6 Å². The van der Waals surface area contributed by atoms with Crippen molar-refractivity contribution in [2.24, 2.45) is 0 Å². The molecule has 0 saturated heterocycles. The van der Waals surface area contributed by atoms with Crippen LogP contribution >= 0.6 is 0 Å². The van der Waals surface area contributed by atoms with Crippen molar-refractivity contribution in [3.8, 4) is 0 Å². The van der Waals surface area contributed by atoms with Crippen molar-refractivity contribution in [1.29, 1.82) is 0 Å². The Morgan fingerprint density at radius 2 is 1.56 bits per heavy atom. The Hall–Kier alpha value is -1.86. The molecule has 0 aromatic heterocycles. The molecule has 0 amide bonds. The van der Waals surface area contributed by atoms with Gasteiger partial charge in [-0.25, -0.2) is 14.5 Å². The van der Waals surface area contributed by atoms with Gasteiger partial charge in [0.15, 0.2) is 0 Å². The molecule has 0 bridgehead atoms. The first-order valence-corrected chi connectivity index (χ1v) is 12.2. The van der Waals surface area contributed by atoms with Gasteiger partial charge in [-0.1, -0.05) is 69.6 Å². The fraction of sp³-hybridized carbons (Fsp3) is 0.556. The van der Waals surface area contributed by atoms with Crippen LogP contribution < -0.4 is 5.19 Å². The van der Waals surface area contributed by atoms with Gasteiger partial charge in [0.1, 0.15) is 0 Å². The van der Waals surface area contributed by atoms with E-state index in [4.69, 9.17) is 4.74 Å². The predicted molar refractivity (Wildman–Crippen MR) is 97.1 cm³/mol. The first-order valence-electron chi connectivity index (χ1n) is 8.67. The number of hydrogen-bond donors (Lipinski definition) is 0. The maximum atomic E-state index is 11.8. The molecule has 0 N–H and O–H groups in total. The van der Waals surface area contributed by atoms with E-state index in [-0.39, 0.29) is 6.61 Å². The average molecular weight is 369 g/mol. The molecule has 0 spiro atoms. The first-order chi connectivity index (χ1) is 11.8. The Kier molecular flexibility index (Phi) is 9.23. The fourth-order valence-corrected chi connectivity index (χ4v) is 3.28. The van der Waals surface area contributed by atoms with Crippen LogP contribution in [0.5, 0.6) is 0 Å². The zero-order valence-electron chi connectivity index (χ0n) is 15.5. The highest BCUT2D eigenvalue weighted by atomic mass is 28.3.